The molecule has 116 valence electrons. The van der Waals surface area contributed by atoms with E-state index in [1.54, 1.807) is 18.2 Å². The van der Waals surface area contributed by atoms with Crippen LogP contribution in [0, 0.1) is 0 Å². The maximum Gasteiger partial charge on any atom is 0.261 e. The summed E-state index contributed by atoms with van der Waals surface area (Å²) in [6, 6.07) is 4.83. The van der Waals surface area contributed by atoms with Gasteiger partial charge in [-0.1, -0.05) is 0 Å². The predicted molar refractivity (Wildman–Crippen MR) is 82.8 cm³/mol. The molecule has 7 heteroatoms. The molecule has 6 nitrogen and oxygen atoms in total. The first-order valence-electron chi connectivity index (χ1n) is 7.11. The second-order valence-electron chi connectivity index (χ2n) is 5.32. The highest BCUT2D eigenvalue weighted by molar-refractivity contribution is 6.28. The number of amidine groups is 1. The van der Waals surface area contributed by atoms with Gasteiger partial charge in [0.2, 0.25) is 0 Å². The lowest BCUT2D eigenvalue weighted by Gasteiger charge is -2.17. The summed E-state index contributed by atoms with van der Waals surface area (Å²) >= 11 is 5.59. The molecular formula is C15H16ClN3O3. The van der Waals surface area contributed by atoms with Gasteiger partial charge >= 0.3 is 0 Å². The summed E-state index contributed by atoms with van der Waals surface area (Å²) in [5, 5.41) is 0. The van der Waals surface area contributed by atoms with Crippen LogP contribution in [0.3, 0.4) is 0 Å². The van der Waals surface area contributed by atoms with Gasteiger partial charge in [-0.2, -0.15) is 0 Å². The number of nitrogens with zero attached hydrogens (tertiary/aromatic N) is 2. The first-order valence-corrected chi connectivity index (χ1v) is 7.64. The van der Waals surface area contributed by atoms with E-state index < -0.39 is 0 Å². The number of imide groups is 1. The molecule has 1 aromatic carbocycles. The van der Waals surface area contributed by atoms with Gasteiger partial charge in [0, 0.05) is 6.61 Å². The van der Waals surface area contributed by atoms with E-state index in [0.29, 0.717) is 30.0 Å². The minimum Gasteiger partial charge on any atom is -0.386 e. The maximum absolute atomic E-state index is 12.4. The van der Waals surface area contributed by atoms with E-state index in [0.717, 1.165) is 12.8 Å². The number of alkyl halides is 1. The molecule has 2 heterocycles. The smallest absolute Gasteiger partial charge is 0.261 e. The van der Waals surface area contributed by atoms with Crippen LogP contribution in [0.15, 0.2) is 23.2 Å². The van der Waals surface area contributed by atoms with E-state index in [4.69, 9.17) is 22.1 Å². The predicted octanol–water partition coefficient (Wildman–Crippen LogP) is 1.69. The third kappa shape index (κ3) is 2.71. The molecule has 3 rings (SSSR count). The minimum absolute atomic E-state index is 0.0633. The van der Waals surface area contributed by atoms with E-state index in [1.807, 2.05) is 0 Å². The van der Waals surface area contributed by atoms with Crippen LogP contribution in [0.4, 0.5) is 5.69 Å². The van der Waals surface area contributed by atoms with E-state index in [9.17, 15) is 9.59 Å². The summed E-state index contributed by atoms with van der Waals surface area (Å²) in [4.78, 5) is 30.1. The molecule has 2 N–H and O–H groups in total. The Balaban J connectivity index is 1.85. The Labute approximate surface area is 132 Å². The molecule has 1 fully saturated rings. The average molecular weight is 322 g/mol. The van der Waals surface area contributed by atoms with Gasteiger partial charge in [0.05, 0.1) is 35.3 Å². The lowest BCUT2D eigenvalue weighted by Crippen LogP contribution is -2.36. The molecule has 0 aromatic heterocycles. The second kappa shape index (κ2) is 6.06. The highest BCUT2D eigenvalue weighted by Gasteiger charge is 2.37. The summed E-state index contributed by atoms with van der Waals surface area (Å²) in [6.07, 6.45) is 1.77. The lowest BCUT2D eigenvalue weighted by molar-refractivity contribution is 0.0475. The number of nitrogens with two attached hydrogens (primary N) is 1. The molecule has 0 radical (unpaired) electrons. The van der Waals surface area contributed by atoms with E-state index in [1.165, 1.54) is 4.90 Å². The summed E-state index contributed by atoms with van der Waals surface area (Å²) < 4.78 is 5.50. The number of carbonyl (C=O) groups excluding carboxylic acids is 2. The summed E-state index contributed by atoms with van der Waals surface area (Å²) in [5.74, 6) is -0.224. The summed E-state index contributed by atoms with van der Waals surface area (Å²) in [7, 11) is 0. The van der Waals surface area contributed by atoms with Gasteiger partial charge in [-0.05, 0) is 31.0 Å². The van der Waals surface area contributed by atoms with Gasteiger partial charge in [-0.15, -0.1) is 11.6 Å². The van der Waals surface area contributed by atoms with E-state index in [-0.39, 0.29) is 29.6 Å². The standard InChI is InChI=1S/C15H16ClN3O3/c16-7-13(17)18-9-3-4-11-12(6-9)15(21)19(14(11)20)8-10-2-1-5-22-10/h3-4,6,10H,1-2,5,7-8H2,(H2,17,18). The number of aliphatic imine (C=N–C) groups is 1. The van der Waals surface area contributed by atoms with Gasteiger partial charge in [-0.3, -0.25) is 14.5 Å². The Bertz CT molecular complexity index is 653. The molecule has 0 aliphatic carbocycles. The highest BCUT2D eigenvalue weighted by Crippen LogP contribution is 2.28. The fourth-order valence-electron chi connectivity index (χ4n) is 2.70. The van der Waals surface area contributed by atoms with Crippen LogP contribution in [0.5, 0.6) is 0 Å². The Hall–Kier alpha value is -1.92. The number of hydrogen-bond acceptors (Lipinski definition) is 4. The quantitative estimate of drug-likeness (QED) is 0.396. The van der Waals surface area contributed by atoms with E-state index in [2.05, 4.69) is 4.99 Å². The number of carbonyl (C=O) groups is 2. The van der Waals surface area contributed by atoms with Crippen molar-refractivity contribution < 1.29 is 14.3 Å². The molecule has 0 spiro atoms. The topological polar surface area (TPSA) is 85.0 Å². The van der Waals surface area contributed by atoms with Gasteiger partial charge in [-0.25, -0.2) is 4.99 Å². The van der Waals surface area contributed by atoms with Crippen molar-refractivity contribution in [2.75, 3.05) is 19.0 Å². The molecule has 1 unspecified atom stereocenters. The third-order valence-electron chi connectivity index (χ3n) is 3.77. The van der Waals surface area contributed by atoms with Crippen molar-refractivity contribution >= 4 is 34.9 Å². The van der Waals surface area contributed by atoms with Crippen LogP contribution in [-0.4, -0.2) is 47.7 Å². The lowest BCUT2D eigenvalue weighted by atomic mass is 10.1. The number of benzene rings is 1. The van der Waals surface area contributed by atoms with Crippen molar-refractivity contribution in [1.29, 1.82) is 0 Å². The van der Waals surface area contributed by atoms with Gasteiger partial charge in [0.1, 0.15) is 5.84 Å². The van der Waals surface area contributed by atoms with Crippen LogP contribution < -0.4 is 5.73 Å². The van der Waals surface area contributed by atoms with Gasteiger partial charge < -0.3 is 10.5 Å². The Morgan fingerprint density at radius 3 is 2.82 bits per heavy atom. The monoisotopic (exact) mass is 321 g/mol. The molecule has 22 heavy (non-hydrogen) atoms. The molecule has 1 aromatic rings. The molecule has 2 aliphatic rings. The largest absolute Gasteiger partial charge is 0.386 e. The Morgan fingerprint density at radius 1 is 1.36 bits per heavy atom. The first-order chi connectivity index (χ1) is 10.6. The highest BCUT2D eigenvalue weighted by atomic mass is 35.5. The third-order valence-corrected chi connectivity index (χ3v) is 4.05. The fraction of sp³-hybridized carbons (Fsp3) is 0.400. The van der Waals surface area contributed by atoms with Crippen LogP contribution in [-0.2, 0) is 4.74 Å². The van der Waals surface area contributed by atoms with Crippen LogP contribution >= 0.6 is 11.6 Å². The SMILES string of the molecule is NC(CCl)=Nc1ccc2c(c1)C(=O)N(CC1CCCO1)C2=O. The molecule has 2 amide bonds. The molecule has 1 saturated heterocycles. The number of fused-ring (bicyclic) bond motifs is 1. The number of rotatable bonds is 4. The van der Waals surface area contributed by atoms with Crippen LogP contribution in [0.25, 0.3) is 0 Å². The molecule has 1 atom stereocenters. The van der Waals surface area contributed by atoms with Gasteiger partial charge in [0.25, 0.3) is 11.8 Å². The number of amides is 2. The average Bonchev–Trinajstić information content (AvgIpc) is 3.11. The van der Waals surface area contributed by atoms with Crippen molar-refractivity contribution in [2.24, 2.45) is 10.7 Å². The number of hydrogen-bond donors (Lipinski definition) is 1. The Morgan fingerprint density at radius 2 is 2.14 bits per heavy atom. The van der Waals surface area contributed by atoms with Crippen molar-refractivity contribution in [3.05, 3.63) is 29.3 Å². The van der Waals surface area contributed by atoms with Crippen LogP contribution in [0.1, 0.15) is 33.6 Å². The molecule has 2 aliphatic heterocycles. The zero-order valence-corrected chi connectivity index (χ0v) is 12.7. The van der Waals surface area contributed by atoms with Crippen LogP contribution in [0.2, 0.25) is 0 Å². The Kier molecular flexibility index (Phi) is 4.13. The summed E-state index contributed by atoms with van der Waals surface area (Å²) in [6.45, 7) is 0.985. The van der Waals surface area contributed by atoms with Crippen molar-refractivity contribution in [1.82, 2.24) is 4.90 Å². The normalized spacial score (nSPS) is 21.6. The van der Waals surface area contributed by atoms with Gasteiger partial charge in [0.15, 0.2) is 0 Å². The summed E-state index contributed by atoms with van der Waals surface area (Å²) in [5.41, 5.74) is 6.85. The van der Waals surface area contributed by atoms with Crippen molar-refractivity contribution in [3.63, 3.8) is 0 Å². The fourth-order valence-corrected chi connectivity index (χ4v) is 2.76. The molecule has 0 saturated carbocycles. The van der Waals surface area contributed by atoms with Crippen molar-refractivity contribution in [3.8, 4) is 0 Å². The second-order valence-corrected chi connectivity index (χ2v) is 5.59. The van der Waals surface area contributed by atoms with Crippen molar-refractivity contribution in [2.45, 2.75) is 18.9 Å². The molecular weight excluding hydrogens is 306 g/mol. The van der Waals surface area contributed by atoms with E-state index >= 15 is 0 Å². The zero-order valence-electron chi connectivity index (χ0n) is 11.9. The zero-order chi connectivity index (χ0) is 15.7. The first kappa shape index (κ1) is 15.0. The number of halogens is 1. The molecule has 0 bridgehead atoms. The minimum atomic E-state index is -0.308. The maximum atomic E-state index is 12.4. The number of ether oxygens (including phenoxy) is 1.